The van der Waals surface area contributed by atoms with Gasteiger partial charge >= 0.3 is 0 Å². The van der Waals surface area contributed by atoms with E-state index < -0.39 is 6.10 Å². The van der Waals surface area contributed by atoms with Crippen LogP contribution in [-0.2, 0) is 4.74 Å². The molecular formula is C17H20ClNO3. The van der Waals surface area contributed by atoms with Gasteiger partial charge in [0.2, 0.25) is 0 Å². The third-order valence-corrected chi connectivity index (χ3v) is 3.15. The highest BCUT2D eigenvalue weighted by Gasteiger charge is 2.04. The highest BCUT2D eigenvalue weighted by molar-refractivity contribution is 6.30. The zero-order chi connectivity index (χ0) is 15.6. The van der Waals surface area contributed by atoms with Crippen LogP contribution in [-0.4, -0.2) is 37.6 Å². The fourth-order valence-corrected chi connectivity index (χ4v) is 2.04. The van der Waals surface area contributed by atoms with Crippen LogP contribution in [0.4, 0.5) is 5.69 Å². The summed E-state index contributed by atoms with van der Waals surface area (Å²) < 4.78 is 10.9. The minimum atomic E-state index is -0.587. The maximum absolute atomic E-state index is 9.83. The molecule has 0 bridgehead atoms. The summed E-state index contributed by atoms with van der Waals surface area (Å²) in [5.74, 6) is 0.814. The summed E-state index contributed by atoms with van der Waals surface area (Å²) in [5, 5.41) is 13.6. The molecule has 0 radical (unpaired) electrons. The molecule has 2 aromatic carbocycles. The summed E-state index contributed by atoms with van der Waals surface area (Å²) in [5.41, 5.74) is 0.874. The van der Waals surface area contributed by atoms with E-state index in [1.54, 1.807) is 6.07 Å². The summed E-state index contributed by atoms with van der Waals surface area (Å²) in [4.78, 5) is 0. The quantitative estimate of drug-likeness (QED) is 0.696. The van der Waals surface area contributed by atoms with E-state index >= 15 is 0 Å². The lowest BCUT2D eigenvalue weighted by Crippen LogP contribution is -2.25. The zero-order valence-corrected chi connectivity index (χ0v) is 13.0. The van der Waals surface area contributed by atoms with Crippen LogP contribution in [0.2, 0.25) is 5.02 Å². The number of anilines is 1. The lowest BCUT2D eigenvalue weighted by atomic mass is 10.3. The van der Waals surface area contributed by atoms with E-state index in [4.69, 9.17) is 21.1 Å². The Bertz CT molecular complexity index is 551. The number of aliphatic hydroxyl groups excluding tert-OH is 1. The van der Waals surface area contributed by atoms with Crippen LogP contribution in [0.1, 0.15) is 0 Å². The molecule has 5 heteroatoms. The molecule has 0 fully saturated rings. The normalized spacial score (nSPS) is 11.9. The van der Waals surface area contributed by atoms with Gasteiger partial charge in [0.25, 0.3) is 0 Å². The van der Waals surface area contributed by atoms with Gasteiger partial charge in [0, 0.05) is 17.3 Å². The van der Waals surface area contributed by atoms with Crippen molar-refractivity contribution in [1.82, 2.24) is 0 Å². The standard InChI is InChI=1S/C17H20ClNO3/c18-14-5-4-6-15(11-14)19-12-16(20)13-21-9-10-22-17-7-2-1-3-8-17/h1-8,11,16,19-20H,9-10,12-13H2. The molecule has 0 saturated heterocycles. The van der Waals surface area contributed by atoms with Crippen LogP contribution in [0.15, 0.2) is 54.6 Å². The highest BCUT2D eigenvalue weighted by atomic mass is 35.5. The molecule has 4 nitrogen and oxygen atoms in total. The molecule has 0 aliphatic carbocycles. The van der Waals surface area contributed by atoms with Crippen LogP contribution < -0.4 is 10.1 Å². The summed E-state index contributed by atoms with van der Waals surface area (Å²) in [6, 6.07) is 16.9. The van der Waals surface area contributed by atoms with Crippen molar-refractivity contribution in [3.63, 3.8) is 0 Å². The molecule has 0 aromatic heterocycles. The summed E-state index contributed by atoms with van der Waals surface area (Å²) in [6.07, 6.45) is -0.587. The van der Waals surface area contributed by atoms with Crippen molar-refractivity contribution in [2.75, 3.05) is 31.7 Å². The van der Waals surface area contributed by atoms with Crippen LogP contribution in [0, 0.1) is 0 Å². The lowest BCUT2D eigenvalue weighted by molar-refractivity contribution is 0.0304. The third kappa shape index (κ3) is 6.35. The zero-order valence-electron chi connectivity index (χ0n) is 12.2. The second kappa shape index (κ2) is 9.30. The summed E-state index contributed by atoms with van der Waals surface area (Å²) in [6.45, 7) is 1.55. The summed E-state index contributed by atoms with van der Waals surface area (Å²) in [7, 11) is 0. The van der Waals surface area contributed by atoms with E-state index in [1.165, 1.54) is 0 Å². The Balaban J connectivity index is 1.55. The molecule has 0 amide bonds. The van der Waals surface area contributed by atoms with Gasteiger partial charge in [0.15, 0.2) is 0 Å². The van der Waals surface area contributed by atoms with Crippen molar-refractivity contribution in [3.05, 3.63) is 59.6 Å². The Morgan fingerprint density at radius 3 is 2.64 bits per heavy atom. The molecule has 0 spiro atoms. The molecule has 1 atom stereocenters. The Kier molecular flexibility index (Phi) is 7.03. The minimum absolute atomic E-state index is 0.256. The average molecular weight is 322 g/mol. The monoisotopic (exact) mass is 321 g/mol. The van der Waals surface area contributed by atoms with Gasteiger partial charge in [0.05, 0.1) is 19.3 Å². The largest absolute Gasteiger partial charge is 0.491 e. The number of benzene rings is 2. The van der Waals surface area contributed by atoms with E-state index in [2.05, 4.69) is 5.32 Å². The molecule has 118 valence electrons. The van der Waals surface area contributed by atoms with E-state index in [0.29, 0.717) is 24.8 Å². The molecule has 2 N–H and O–H groups in total. The highest BCUT2D eigenvalue weighted by Crippen LogP contribution is 2.14. The smallest absolute Gasteiger partial charge is 0.119 e. The van der Waals surface area contributed by atoms with Gasteiger partial charge in [-0.05, 0) is 30.3 Å². The van der Waals surface area contributed by atoms with Crippen LogP contribution in [0.5, 0.6) is 5.75 Å². The number of nitrogens with one attached hydrogen (secondary N) is 1. The Morgan fingerprint density at radius 2 is 1.86 bits per heavy atom. The van der Waals surface area contributed by atoms with Crippen LogP contribution in [0.25, 0.3) is 0 Å². The predicted octanol–water partition coefficient (Wildman–Crippen LogP) is 3.21. The van der Waals surface area contributed by atoms with Gasteiger partial charge in [-0.25, -0.2) is 0 Å². The number of hydrogen-bond donors (Lipinski definition) is 2. The molecule has 0 aliphatic rings. The second-order valence-electron chi connectivity index (χ2n) is 4.78. The van der Waals surface area contributed by atoms with E-state index in [1.807, 2.05) is 48.5 Å². The number of ether oxygens (including phenoxy) is 2. The van der Waals surface area contributed by atoms with E-state index in [0.717, 1.165) is 11.4 Å². The Hall–Kier alpha value is -1.75. The Morgan fingerprint density at radius 1 is 1.05 bits per heavy atom. The fourth-order valence-electron chi connectivity index (χ4n) is 1.85. The number of para-hydroxylation sites is 1. The van der Waals surface area contributed by atoms with Crippen molar-refractivity contribution in [1.29, 1.82) is 0 Å². The SMILES string of the molecule is OC(CNc1cccc(Cl)c1)COCCOc1ccccc1. The topological polar surface area (TPSA) is 50.7 Å². The Labute approximate surface area is 135 Å². The predicted molar refractivity (Wildman–Crippen MR) is 88.7 cm³/mol. The van der Waals surface area contributed by atoms with Gasteiger partial charge in [-0.15, -0.1) is 0 Å². The van der Waals surface area contributed by atoms with E-state index in [9.17, 15) is 5.11 Å². The van der Waals surface area contributed by atoms with Crippen molar-refractivity contribution in [2.24, 2.45) is 0 Å². The van der Waals surface area contributed by atoms with Crippen molar-refractivity contribution >= 4 is 17.3 Å². The first-order chi connectivity index (χ1) is 10.7. The molecule has 2 aromatic rings. The number of rotatable bonds is 9. The van der Waals surface area contributed by atoms with Crippen molar-refractivity contribution < 1.29 is 14.6 Å². The molecule has 0 aliphatic heterocycles. The number of halogens is 1. The van der Waals surface area contributed by atoms with Gasteiger partial charge < -0.3 is 19.9 Å². The fraction of sp³-hybridized carbons (Fsp3) is 0.294. The molecule has 0 saturated carbocycles. The molecule has 0 heterocycles. The van der Waals surface area contributed by atoms with Crippen LogP contribution in [0.3, 0.4) is 0 Å². The van der Waals surface area contributed by atoms with Gasteiger partial charge in [-0.1, -0.05) is 35.9 Å². The molecule has 1 unspecified atom stereocenters. The van der Waals surface area contributed by atoms with Gasteiger partial charge in [-0.2, -0.15) is 0 Å². The van der Waals surface area contributed by atoms with Crippen molar-refractivity contribution in [2.45, 2.75) is 6.10 Å². The van der Waals surface area contributed by atoms with Gasteiger partial charge in [-0.3, -0.25) is 0 Å². The maximum atomic E-state index is 9.83. The third-order valence-electron chi connectivity index (χ3n) is 2.92. The van der Waals surface area contributed by atoms with E-state index in [-0.39, 0.29) is 6.61 Å². The number of aliphatic hydroxyl groups is 1. The first-order valence-corrected chi connectivity index (χ1v) is 7.55. The molecule has 22 heavy (non-hydrogen) atoms. The number of hydrogen-bond acceptors (Lipinski definition) is 4. The molecular weight excluding hydrogens is 302 g/mol. The minimum Gasteiger partial charge on any atom is -0.491 e. The maximum Gasteiger partial charge on any atom is 0.119 e. The molecule has 2 rings (SSSR count). The lowest BCUT2D eigenvalue weighted by Gasteiger charge is -2.13. The average Bonchev–Trinajstić information content (AvgIpc) is 2.54. The van der Waals surface area contributed by atoms with Gasteiger partial charge in [0.1, 0.15) is 12.4 Å². The summed E-state index contributed by atoms with van der Waals surface area (Å²) >= 11 is 5.89. The van der Waals surface area contributed by atoms with Crippen LogP contribution >= 0.6 is 11.6 Å². The van der Waals surface area contributed by atoms with Crippen molar-refractivity contribution in [3.8, 4) is 5.75 Å². The second-order valence-corrected chi connectivity index (χ2v) is 5.22. The first-order valence-electron chi connectivity index (χ1n) is 7.17. The first kappa shape index (κ1) is 16.6.